The van der Waals surface area contributed by atoms with E-state index in [1.807, 2.05) is 30.3 Å². The first kappa shape index (κ1) is 19.3. The van der Waals surface area contributed by atoms with Crippen LogP contribution in [0.4, 0.5) is 0 Å². The highest BCUT2D eigenvalue weighted by Gasteiger charge is 2.37. The van der Waals surface area contributed by atoms with Crippen LogP contribution in [0.1, 0.15) is 5.56 Å². The number of ether oxygens (including phenoxy) is 2. The van der Waals surface area contributed by atoms with Crippen molar-refractivity contribution in [2.24, 2.45) is 0 Å². The smallest absolute Gasteiger partial charge is 0.264 e. The van der Waals surface area contributed by atoms with Gasteiger partial charge in [-0.15, -0.1) is 0 Å². The summed E-state index contributed by atoms with van der Waals surface area (Å²) < 4.78 is 65.3. The van der Waals surface area contributed by atoms with E-state index in [4.69, 9.17) is 17.8 Å². The highest BCUT2D eigenvalue weighted by atomic mass is 32.2. The zero-order valence-electron chi connectivity index (χ0n) is 13.3. The summed E-state index contributed by atoms with van der Waals surface area (Å²) in [7, 11) is -7.30. The monoisotopic (exact) mass is 380 g/mol. The molecule has 0 aromatic heterocycles. The lowest BCUT2D eigenvalue weighted by Crippen LogP contribution is -2.33. The van der Waals surface area contributed by atoms with Crippen molar-refractivity contribution in [1.82, 2.24) is 0 Å². The molecule has 24 heavy (non-hydrogen) atoms. The summed E-state index contributed by atoms with van der Waals surface area (Å²) in [6.45, 7) is -0.552. The van der Waals surface area contributed by atoms with Gasteiger partial charge in [-0.05, 0) is 5.56 Å². The van der Waals surface area contributed by atoms with E-state index in [-0.39, 0.29) is 13.2 Å². The van der Waals surface area contributed by atoms with E-state index in [1.54, 1.807) is 0 Å². The van der Waals surface area contributed by atoms with Crippen LogP contribution in [-0.4, -0.2) is 61.1 Å². The van der Waals surface area contributed by atoms with Crippen LogP contribution in [0.25, 0.3) is 0 Å². The first-order chi connectivity index (χ1) is 11.1. The SMILES string of the molecule is CS(=O)(=O)OC[C@@H]1OC(Cc2ccccc2)O[C@@H]1COS(C)(=O)=O. The van der Waals surface area contributed by atoms with E-state index in [9.17, 15) is 16.8 Å². The lowest BCUT2D eigenvalue weighted by Gasteiger charge is -2.15. The summed E-state index contributed by atoms with van der Waals surface area (Å²) in [5.74, 6) is 0. The maximum absolute atomic E-state index is 11.1. The second-order valence-corrected chi connectivity index (χ2v) is 8.73. The molecule has 3 atom stereocenters. The van der Waals surface area contributed by atoms with Crippen LogP contribution in [0.3, 0.4) is 0 Å². The Morgan fingerprint density at radius 3 is 1.75 bits per heavy atom. The molecule has 1 unspecified atom stereocenters. The Morgan fingerprint density at radius 1 is 0.875 bits per heavy atom. The molecule has 2 rings (SSSR count). The lowest BCUT2D eigenvalue weighted by atomic mass is 10.1. The molecule has 1 aliphatic rings. The third-order valence-electron chi connectivity index (χ3n) is 3.21. The number of benzene rings is 1. The van der Waals surface area contributed by atoms with E-state index in [0.29, 0.717) is 6.42 Å². The fraction of sp³-hybridized carbons (Fsp3) is 0.571. The van der Waals surface area contributed by atoms with Gasteiger partial charge >= 0.3 is 0 Å². The fourth-order valence-electron chi connectivity index (χ4n) is 2.17. The van der Waals surface area contributed by atoms with Gasteiger partial charge in [0, 0.05) is 6.42 Å². The van der Waals surface area contributed by atoms with Gasteiger partial charge in [0.2, 0.25) is 0 Å². The number of hydrogen-bond acceptors (Lipinski definition) is 8. The number of rotatable bonds is 8. The van der Waals surface area contributed by atoms with Crippen LogP contribution in [-0.2, 0) is 44.5 Å². The quantitative estimate of drug-likeness (QED) is 0.593. The first-order valence-corrected chi connectivity index (χ1v) is 10.8. The second-order valence-electron chi connectivity index (χ2n) is 5.45. The molecule has 1 aromatic rings. The van der Waals surface area contributed by atoms with E-state index in [2.05, 4.69) is 0 Å². The maximum atomic E-state index is 11.1. The van der Waals surface area contributed by atoms with Crippen molar-refractivity contribution in [3.63, 3.8) is 0 Å². The molecule has 1 fully saturated rings. The summed E-state index contributed by atoms with van der Waals surface area (Å²) in [4.78, 5) is 0. The largest absolute Gasteiger partial charge is 0.344 e. The predicted octanol–water partition coefficient (Wildman–Crippen LogP) is 0.292. The Kier molecular flexibility index (Phi) is 6.34. The molecule has 136 valence electrons. The maximum Gasteiger partial charge on any atom is 0.264 e. The topological polar surface area (TPSA) is 105 Å². The highest BCUT2D eigenvalue weighted by molar-refractivity contribution is 7.86. The van der Waals surface area contributed by atoms with Gasteiger partial charge in [-0.3, -0.25) is 8.37 Å². The number of hydrogen-bond donors (Lipinski definition) is 0. The van der Waals surface area contributed by atoms with Gasteiger partial charge in [-0.25, -0.2) is 0 Å². The van der Waals surface area contributed by atoms with Gasteiger partial charge < -0.3 is 9.47 Å². The molecule has 1 aliphatic heterocycles. The molecule has 0 saturated carbocycles. The van der Waals surface area contributed by atoms with Crippen molar-refractivity contribution in [3.8, 4) is 0 Å². The van der Waals surface area contributed by atoms with Crippen LogP contribution in [0, 0.1) is 0 Å². The summed E-state index contributed by atoms with van der Waals surface area (Å²) >= 11 is 0. The second kappa shape index (κ2) is 7.89. The zero-order chi connectivity index (χ0) is 17.8. The van der Waals surface area contributed by atoms with Crippen molar-refractivity contribution in [3.05, 3.63) is 35.9 Å². The molecule has 0 N–H and O–H groups in total. The molecule has 0 bridgehead atoms. The van der Waals surface area contributed by atoms with Gasteiger partial charge in [0.25, 0.3) is 20.2 Å². The van der Waals surface area contributed by atoms with Crippen molar-refractivity contribution in [2.75, 3.05) is 25.7 Å². The first-order valence-electron chi connectivity index (χ1n) is 7.16. The minimum Gasteiger partial charge on any atom is -0.344 e. The predicted molar refractivity (Wildman–Crippen MR) is 85.3 cm³/mol. The summed E-state index contributed by atoms with van der Waals surface area (Å²) in [5, 5.41) is 0. The van der Waals surface area contributed by atoms with E-state index >= 15 is 0 Å². The molecule has 0 spiro atoms. The van der Waals surface area contributed by atoms with E-state index < -0.39 is 38.7 Å². The van der Waals surface area contributed by atoms with Gasteiger partial charge in [-0.1, -0.05) is 30.3 Å². The summed E-state index contributed by atoms with van der Waals surface area (Å²) in [5.41, 5.74) is 0.968. The zero-order valence-corrected chi connectivity index (χ0v) is 15.0. The third kappa shape index (κ3) is 6.83. The molecular weight excluding hydrogens is 360 g/mol. The van der Waals surface area contributed by atoms with Crippen LogP contribution in [0.5, 0.6) is 0 Å². The minimum absolute atomic E-state index is 0.276. The van der Waals surface area contributed by atoms with Crippen molar-refractivity contribution >= 4 is 20.2 Å². The standard InChI is InChI=1S/C14H20O8S2/c1-23(15,16)19-9-12-13(10-20-24(2,17)18)22-14(21-12)8-11-6-4-3-5-7-11/h3-7,12-14H,8-10H2,1-2H3/t12-,13+,14?. The Balaban J connectivity index is 2.00. The average molecular weight is 380 g/mol. The van der Waals surface area contributed by atoms with Gasteiger partial charge in [0.05, 0.1) is 25.7 Å². The van der Waals surface area contributed by atoms with Crippen LogP contribution in [0.2, 0.25) is 0 Å². The molecule has 1 heterocycles. The minimum atomic E-state index is -3.65. The van der Waals surface area contributed by atoms with Crippen molar-refractivity contribution in [1.29, 1.82) is 0 Å². The van der Waals surface area contributed by atoms with Gasteiger partial charge in [0.1, 0.15) is 12.2 Å². The van der Waals surface area contributed by atoms with Crippen molar-refractivity contribution in [2.45, 2.75) is 24.9 Å². The fourth-order valence-corrected chi connectivity index (χ4v) is 2.94. The molecule has 10 heteroatoms. The molecule has 1 saturated heterocycles. The summed E-state index contributed by atoms with van der Waals surface area (Å²) in [6.07, 6.45) is 0.128. The highest BCUT2D eigenvalue weighted by Crippen LogP contribution is 2.23. The van der Waals surface area contributed by atoms with Crippen LogP contribution in [0.15, 0.2) is 30.3 Å². The molecule has 8 nitrogen and oxygen atoms in total. The Bertz CT molecular complexity index is 685. The Hall–Kier alpha value is -1.04. The van der Waals surface area contributed by atoms with Gasteiger partial charge in [-0.2, -0.15) is 16.8 Å². The average Bonchev–Trinajstić information content (AvgIpc) is 2.85. The Morgan fingerprint density at radius 2 is 1.33 bits per heavy atom. The molecular formula is C14H20O8S2. The molecule has 0 aliphatic carbocycles. The normalized spacial score (nSPS) is 25.0. The molecule has 1 aromatic carbocycles. The molecule has 0 amide bonds. The Labute approximate surface area is 141 Å². The van der Waals surface area contributed by atoms with Crippen LogP contribution >= 0.6 is 0 Å². The summed E-state index contributed by atoms with van der Waals surface area (Å²) in [6, 6.07) is 9.42. The van der Waals surface area contributed by atoms with Crippen molar-refractivity contribution < 1.29 is 34.7 Å². The van der Waals surface area contributed by atoms with E-state index in [1.165, 1.54) is 0 Å². The van der Waals surface area contributed by atoms with Crippen LogP contribution < -0.4 is 0 Å². The molecule has 0 radical (unpaired) electrons. The third-order valence-corrected chi connectivity index (χ3v) is 4.33. The van der Waals surface area contributed by atoms with E-state index in [0.717, 1.165) is 18.1 Å². The lowest BCUT2D eigenvalue weighted by molar-refractivity contribution is -0.0704. The van der Waals surface area contributed by atoms with Gasteiger partial charge in [0.15, 0.2) is 6.29 Å².